The van der Waals surface area contributed by atoms with Gasteiger partial charge in [-0.25, -0.2) is 14.2 Å². The highest BCUT2D eigenvalue weighted by atomic mass is 35.5. The molecule has 5 nitrogen and oxygen atoms in total. The number of ether oxygens (including phenoxy) is 1. The van der Waals surface area contributed by atoms with Crippen LogP contribution in [0.5, 0.6) is 0 Å². The van der Waals surface area contributed by atoms with Crippen molar-refractivity contribution in [3.8, 4) is 0 Å². The fourth-order valence-corrected chi connectivity index (χ4v) is 3.10. The summed E-state index contributed by atoms with van der Waals surface area (Å²) in [5, 5.41) is 3.19. The van der Waals surface area contributed by atoms with Crippen LogP contribution < -0.4 is 5.32 Å². The summed E-state index contributed by atoms with van der Waals surface area (Å²) in [6, 6.07) is 13.4. The second-order valence-electron chi connectivity index (χ2n) is 5.90. The van der Waals surface area contributed by atoms with Crippen LogP contribution in [0.15, 0.2) is 54.7 Å². The lowest BCUT2D eigenvalue weighted by Gasteiger charge is -2.12. The van der Waals surface area contributed by atoms with Crippen LogP contribution in [0.4, 0.5) is 15.9 Å². The first-order valence-corrected chi connectivity index (χ1v) is 8.74. The zero-order chi connectivity index (χ0) is 19.0. The molecule has 27 heavy (non-hydrogen) atoms. The number of nitrogens with one attached hydrogen (secondary N) is 1. The first-order valence-electron chi connectivity index (χ1n) is 8.37. The number of anilines is 2. The van der Waals surface area contributed by atoms with Crippen molar-refractivity contribution in [1.82, 2.24) is 9.38 Å². The van der Waals surface area contributed by atoms with Crippen LogP contribution in [-0.4, -0.2) is 22.0 Å². The number of fused-ring (bicyclic) bond motifs is 3. The number of esters is 1. The van der Waals surface area contributed by atoms with E-state index < -0.39 is 11.8 Å². The average molecular weight is 384 g/mol. The maximum absolute atomic E-state index is 13.4. The Kier molecular flexibility index (Phi) is 4.41. The summed E-state index contributed by atoms with van der Waals surface area (Å²) >= 11 is 5.87. The Labute approximate surface area is 159 Å². The van der Waals surface area contributed by atoms with Crippen molar-refractivity contribution in [3.63, 3.8) is 0 Å². The Balaban J connectivity index is 1.84. The molecule has 0 spiro atoms. The molecule has 0 aliphatic rings. The van der Waals surface area contributed by atoms with E-state index in [1.807, 2.05) is 28.8 Å². The lowest BCUT2D eigenvalue weighted by Crippen LogP contribution is -2.05. The monoisotopic (exact) mass is 383 g/mol. The number of benzene rings is 2. The molecule has 2 aromatic carbocycles. The van der Waals surface area contributed by atoms with Gasteiger partial charge in [0.05, 0.1) is 33.7 Å². The largest absolute Gasteiger partial charge is 0.462 e. The summed E-state index contributed by atoms with van der Waals surface area (Å²) in [4.78, 5) is 16.7. The highest BCUT2D eigenvalue weighted by Crippen LogP contribution is 2.27. The fraction of sp³-hybridized carbons (Fsp3) is 0.100. The summed E-state index contributed by atoms with van der Waals surface area (Å²) in [6.45, 7) is 2.06. The molecule has 0 saturated carbocycles. The molecule has 4 rings (SSSR count). The van der Waals surface area contributed by atoms with Gasteiger partial charge in [-0.3, -0.25) is 0 Å². The highest BCUT2D eigenvalue weighted by molar-refractivity contribution is 6.31. The molecule has 0 unspecified atom stereocenters. The number of carbonyl (C=O) groups is 1. The Morgan fingerprint density at radius 3 is 2.85 bits per heavy atom. The van der Waals surface area contributed by atoms with Gasteiger partial charge in [0.1, 0.15) is 5.82 Å². The zero-order valence-corrected chi connectivity index (χ0v) is 15.1. The lowest BCUT2D eigenvalue weighted by molar-refractivity contribution is 0.0526. The third kappa shape index (κ3) is 3.19. The van der Waals surface area contributed by atoms with Crippen LogP contribution >= 0.6 is 11.6 Å². The minimum Gasteiger partial charge on any atom is -0.462 e. The SMILES string of the molecule is CCOC(=O)c1ccc2c(c1)nc(Nc1ccc(F)c(Cl)c1)c1cccn12. The maximum Gasteiger partial charge on any atom is 0.338 e. The second kappa shape index (κ2) is 6.89. The van der Waals surface area contributed by atoms with Crippen molar-refractivity contribution < 1.29 is 13.9 Å². The van der Waals surface area contributed by atoms with Gasteiger partial charge in [0, 0.05) is 11.9 Å². The van der Waals surface area contributed by atoms with Crippen molar-refractivity contribution in [2.75, 3.05) is 11.9 Å². The van der Waals surface area contributed by atoms with E-state index in [0.717, 1.165) is 11.0 Å². The predicted octanol–water partition coefficient (Wildman–Crippen LogP) is 5.20. The van der Waals surface area contributed by atoms with Gasteiger partial charge in [0.15, 0.2) is 5.82 Å². The van der Waals surface area contributed by atoms with Gasteiger partial charge in [0.2, 0.25) is 0 Å². The minimum atomic E-state index is -0.486. The number of aromatic nitrogens is 2. The normalized spacial score (nSPS) is 11.1. The number of halogens is 2. The van der Waals surface area contributed by atoms with Gasteiger partial charge in [-0.05, 0) is 55.5 Å². The number of nitrogens with zero attached hydrogens (tertiary/aromatic N) is 2. The van der Waals surface area contributed by atoms with Crippen LogP contribution in [0.25, 0.3) is 16.6 Å². The molecule has 136 valence electrons. The molecular formula is C20H15ClFN3O2. The van der Waals surface area contributed by atoms with Crippen LogP contribution in [0, 0.1) is 5.82 Å². The van der Waals surface area contributed by atoms with E-state index in [4.69, 9.17) is 16.3 Å². The van der Waals surface area contributed by atoms with Gasteiger partial charge in [-0.15, -0.1) is 0 Å². The molecule has 2 heterocycles. The molecule has 0 aliphatic carbocycles. The molecule has 0 bridgehead atoms. The molecule has 2 aromatic heterocycles. The highest BCUT2D eigenvalue weighted by Gasteiger charge is 2.13. The Morgan fingerprint density at radius 2 is 2.07 bits per heavy atom. The topological polar surface area (TPSA) is 55.6 Å². The van der Waals surface area contributed by atoms with E-state index in [1.54, 1.807) is 25.1 Å². The van der Waals surface area contributed by atoms with Gasteiger partial charge in [-0.1, -0.05) is 11.6 Å². The molecular weight excluding hydrogens is 369 g/mol. The van der Waals surface area contributed by atoms with E-state index in [9.17, 15) is 9.18 Å². The molecule has 0 fully saturated rings. The van der Waals surface area contributed by atoms with Crippen LogP contribution in [0.1, 0.15) is 17.3 Å². The van der Waals surface area contributed by atoms with Crippen LogP contribution in [-0.2, 0) is 4.74 Å². The van der Waals surface area contributed by atoms with E-state index in [2.05, 4.69) is 10.3 Å². The Morgan fingerprint density at radius 1 is 1.22 bits per heavy atom. The molecule has 0 atom stereocenters. The van der Waals surface area contributed by atoms with Gasteiger partial charge < -0.3 is 14.5 Å². The van der Waals surface area contributed by atoms with Crippen molar-refractivity contribution in [1.29, 1.82) is 0 Å². The maximum atomic E-state index is 13.4. The average Bonchev–Trinajstić information content (AvgIpc) is 3.15. The van der Waals surface area contributed by atoms with E-state index >= 15 is 0 Å². The van der Waals surface area contributed by atoms with Crippen molar-refractivity contribution in [2.45, 2.75) is 6.92 Å². The van der Waals surface area contributed by atoms with Crippen molar-refractivity contribution >= 4 is 45.6 Å². The van der Waals surface area contributed by atoms with Gasteiger partial charge >= 0.3 is 5.97 Å². The molecule has 0 saturated heterocycles. The number of hydrogen-bond acceptors (Lipinski definition) is 4. The summed E-state index contributed by atoms with van der Waals surface area (Å²) in [5.74, 6) is -0.314. The summed E-state index contributed by atoms with van der Waals surface area (Å²) < 4.78 is 20.4. The van der Waals surface area contributed by atoms with E-state index in [0.29, 0.717) is 29.2 Å². The third-order valence-electron chi connectivity index (χ3n) is 4.15. The van der Waals surface area contributed by atoms with Crippen LogP contribution in [0.2, 0.25) is 5.02 Å². The molecule has 1 N–H and O–H groups in total. The number of carbonyl (C=O) groups excluding carboxylic acids is 1. The lowest BCUT2D eigenvalue weighted by atomic mass is 10.2. The minimum absolute atomic E-state index is 0.0248. The van der Waals surface area contributed by atoms with Crippen molar-refractivity contribution in [3.05, 3.63) is 71.1 Å². The second-order valence-corrected chi connectivity index (χ2v) is 6.31. The first kappa shape index (κ1) is 17.3. The zero-order valence-electron chi connectivity index (χ0n) is 14.4. The Hall–Kier alpha value is -3.12. The van der Waals surface area contributed by atoms with Gasteiger partial charge in [-0.2, -0.15) is 0 Å². The molecule has 4 aromatic rings. The summed E-state index contributed by atoms with van der Waals surface area (Å²) in [7, 11) is 0. The van der Waals surface area contributed by atoms with E-state index in [1.165, 1.54) is 12.1 Å². The molecule has 0 radical (unpaired) electrons. The third-order valence-corrected chi connectivity index (χ3v) is 4.44. The summed E-state index contributed by atoms with van der Waals surface area (Å²) in [6.07, 6.45) is 1.91. The molecule has 7 heteroatoms. The smallest absolute Gasteiger partial charge is 0.338 e. The van der Waals surface area contributed by atoms with E-state index in [-0.39, 0.29) is 5.02 Å². The van der Waals surface area contributed by atoms with Crippen molar-refractivity contribution in [2.24, 2.45) is 0 Å². The van der Waals surface area contributed by atoms with Crippen LogP contribution in [0.3, 0.4) is 0 Å². The standard InChI is InChI=1S/C20H15ClFN3O2/c1-2-27-20(26)12-5-8-17-16(10-12)24-19(18-4-3-9-25(17)18)23-13-6-7-15(22)14(21)11-13/h3-11H,2H2,1H3,(H,23,24). The van der Waals surface area contributed by atoms with Gasteiger partial charge in [0.25, 0.3) is 0 Å². The quantitative estimate of drug-likeness (QED) is 0.492. The summed E-state index contributed by atoms with van der Waals surface area (Å²) in [5.41, 5.74) is 3.36. The molecule has 0 aliphatic heterocycles. The first-order chi connectivity index (χ1) is 13.1. The number of rotatable bonds is 4. The Bertz CT molecular complexity index is 1170. The predicted molar refractivity (Wildman–Crippen MR) is 103 cm³/mol. The molecule has 0 amide bonds. The number of hydrogen-bond donors (Lipinski definition) is 1. The fourth-order valence-electron chi connectivity index (χ4n) is 2.92.